The van der Waals surface area contributed by atoms with Gasteiger partial charge in [0, 0.05) is 0 Å². The SMILES string of the molecule is Cc1ccc(S(=O)(=O)Nc2ccc(Cl)c(F)c2C#N)cc1. The van der Waals surface area contributed by atoms with Crippen molar-refractivity contribution in [3.8, 4) is 6.07 Å². The summed E-state index contributed by atoms with van der Waals surface area (Å²) in [5.74, 6) is -0.955. The molecule has 4 nitrogen and oxygen atoms in total. The fourth-order valence-electron chi connectivity index (χ4n) is 1.67. The van der Waals surface area contributed by atoms with Crippen LogP contribution < -0.4 is 4.72 Å². The monoisotopic (exact) mass is 324 g/mol. The summed E-state index contributed by atoms with van der Waals surface area (Å²) in [4.78, 5) is 0.0207. The third-order valence-corrected chi connectivity index (χ3v) is 4.46. The average molecular weight is 325 g/mol. The zero-order valence-electron chi connectivity index (χ0n) is 10.9. The summed E-state index contributed by atoms with van der Waals surface area (Å²) < 4.78 is 40.3. The molecule has 7 heteroatoms. The zero-order valence-corrected chi connectivity index (χ0v) is 12.5. The van der Waals surface area contributed by atoms with Crippen LogP contribution in [0.2, 0.25) is 5.02 Å². The Kier molecular flexibility index (Phi) is 4.16. The second-order valence-electron chi connectivity index (χ2n) is 4.31. The zero-order chi connectivity index (χ0) is 15.6. The van der Waals surface area contributed by atoms with Gasteiger partial charge in [-0.15, -0.1) is 0 Å². The Morgan fingerprint density at radius 1 is 1.19 bits per heavy atom. The predicted molar refractivity (Wildman–Crippen MR) is 78.1 cm³/mol. The third kappa shape index (κ3) is 3.15. The van der Waals surface area contributed by atoms with E-state index in [1.165, 1.54) is 24.3 Å². The minimum absolute atomic E-state index is 0.0207. The van der Waals surface area contributed by atoms with Crippen molar-refractivity contribution in [3.05, 3.63) is 58.4 Å². The van der Waals surface area contributed by atoms with Crippen molar-refractivity contribution in [3.63, 3.8) is 0 Å². The van der Waals surface area contributed by atoms with E-state index in [1.54, 1.807) is 18.2 Å². The number of anilines is 1. The highest BCUT2D eigenvalue weighted by Crippen LogP contribution is 2.26. The lowest BCUT2D eigenvalue weighted by Gasteiger charge is -2.10. The molecule has 21 heavy (non-hydrogen) atoms. The van der Waals surface area contributed by atoms with Crippen molar-refractivity contribution >= 4 is 27.3 Å². The fraction of sp³-hybridized carbons (Fsp3) is 0.0714. The van der Waals surface area contributed by atoms with Gasteiger partial charge in [-0.05, 0) is 31.2 Å². The highest BCUT2D eigenvalue weighted by molar-refractivity contribution is 7.92. The fourth-order valence-corrected chi connectivity index (χ4v) is 2.90. The first-order chi connectivity index (χ1) is 9.85. The largest absolute Gasteiger partial charge is 0.278 e. The van der Waals surface area contributed by atoms with E-state index in [0.717, 1.165) is 5.56 Å². The highest BCUT2D eigenvalue weighted by atomic mass is 35.5. The number of nitriles is 1. The second kappa shape index (κ2) is 5.72. The molecule has 0 radical (unpaired) electrons. The van der Waals surface area contributed by atoms with Crippen molar-refractivity contribution in [2.75, 3.05) is 4.72 Å². The summed E-state index contributed by atoms with van der Waals surface area (Å²) in [7, 11) is -3.90. The van der Waals surface area contributed by atoms with Crippen LogP contribution in [0.5, 0.6) is 0 Å². The number of nitrogens with one attached hydrogen (secondary N) is 1. The van der Waals surface area contributed by atoms with Gasteiger partial charge in [-0.3, -0.25) is 4.72 Å². The molecule has 0 saturated heterocycles. The Morgan fingerprint density at radius 2 is 1.81 bits per heavy atom. The van der Waals surface area contributed by atoms with Crippen molar-refractivity contribution < 1.29 is 12.8 Å². The summed E-state index contributed by atoms with van der Waals surface area (Å²) in [6, 6.07) is 10.2. The molecule has 0 aliphatic rings. The molecule has 0 unspecified atom stereocenters. The molecule has 2 rings (SSSR count). The van der Waals surface area contributed by atoms with Crippen LogP contribution in [0, 0.1) is 24.1 Å². The lowest BCUT2D eigenvalue weighted by atomic mass is 10.2. The van der Waals surface area contributed by atoms with Crippen molar-refractivity contribution in [1.29, 1.82) is 5.26 Å². The summed E-state index contributed by atoms with van der Waals surface area (Å²) in [6.45, 7) is 1.83. The van der Waals surface area contributed by atoms with Crippen molar-refractivity contribution in [2.45, 2.75) is 11.8 Å². The molecule has 0 aliphatic heterocycles. The number of rotatable bonds is 3. The van der Waals surface area contributed by atoms with Gasteiger partial charge in [0.25, 0.3) is 10.0 Å². The van der Waals surface area contributed by atoms with Crippen LogP contribution in [0.4, 0.5) is 10.1 Å². The normalized spacial score (nSPS) is 11.0. The molecular formula is C14H10ClFN2O2S. The molecule has 0 atom stereocenters. The second-order valence-corrected chi connectivity index (χ2v) is 6.40. The highest BCUT2D eigenvalue weighted by Gasteiger charge is 2.19. The Bertz CT molecular complexity index is 827. The van der Waals surface area contributed by atoms with Crippen molar-refractivity contribution in [2.24, 2.45) is 0 Å². The van der Waals surface area contributed by atoms with Crippen LogP contribution in [-0.2, 0) is 10.0 Å². The number of sulfonamides is 1. The van der Waals surface area contributed by atoms with E-state index in [4.69, 9.17) is 16.9 Å². The van der Waals surface area contributed by atoms with Gasteiger partial charge in [0.05, 0.1) is 15.6 Å². The molecule has 0 fully saturated rings. The van der Waals surface area contributed by atoms with E-state index in [2.05, 4.69) is 4.72 Å². The average Bonchev–Trinajstić information content (AvgIpc) is 2.43. The van der Waals surface area contributed by atoms with Gasteiger partial charge in [-0.2, -0.15) is 5.26 Å². The molecule has 0 spiro atoms. The van der Waals surface area contributed by atoms with Crippen molar-refractivity contribution in [1.82, 2.24) is 0 Å². The standard InChI is InChI=1S/C14H10ClFN2O2S/c1-9-2-4-10(5-3-9)21(19,20)18-13-7-6-12(15)14(16)11(13)8-17/h2-7,18H,1H3. The maximum absolute atomic E-state index is 13.7. The minimum Gasteiger partial charge on any atom is -0.278 e. The van der Waals surface area contributed by atoms with E-state index < -0.39 is 21.4 Å². The first-order valence-electron chi connectivity index (χ1n) is 5.83. The van der Waals surface area contributed by atoms with Gasteiger partial charge in [0.15, 0.2) is 5.82 Å². The lowest BCUT2D eigenvalue weighted by Crippen LogP contribution is -2.14. The van der Waals surface area contributed by atoms with Gasteiger partial charge in [-0.25, -0.2) is 12.8 Å². The Hall–Kier alpha value is -2.10. The summed E-state index contributed by atoms with van der Waals surface area (Å²) >= 11 is 5.57. The summed E-state index contributed by atoms with van der Waals surface area (Å²) in [5.41, 5.74) is 0.308. The number of benzene rings is 2. The third-order valence-electron chi connectivity index (χ3n) is 2.78. The molecule has 0 amide bonds. The van der Waals surface area contributed by atoms with Gasteiger partial charge in [0.2, 0.25) is 0 Å². The molecule has 1 N–H and O–H groups in total. The maximum Gasteiger partial charge on any atom is 0.261 e. The topological polar surface area (TPSA) is 70.0 Å². The first-order valence-corrected chi connectivity index (χ1v) is 7.69. The summed E-state index contributed by atoms with van der Waals surface area (Å²) in [6.07, 6.45) is 0. The van der Waals surface area contributed by atoms with Gasteiger partial charge in [-0.1, -0.05) is 29.3 Å². The number of hydrogen-bond acceptors (Lipinski definition) is 3. The minimum atomic E-state index is -3.90. The van der Waals surface area contributed by atoms with Gasteiger partial charge < -0.3 is 0 Å². The first kappa shape index (κ1) is 15.3. The van der Waals surface area contributed by atoms with E-state index in [9.17, 15) is 12.8 Å². The van der Waals surface area contributed by atoms with Gasteiger partial charge >= 0.3 is 0 Å². The molecule has 0 bridgehead atoms. The van der Waals surface area contributed by atoms with E-state index >= 15 is 0 Å². The Labute approximate surface area is 126 Å². The summed E-state index contributed by atoms with van der Waals surface area (Å²) in [5, 5.41) is 8.70. The number of halogens is 2. The molecular weight excluding hydrogens is 315 g/mol. The van der Waals surface area contributed by atoms with Crippen LogP contribution in [0.15, 0.2) is 41.3 Å². The maximum atomic E-state index is 13.7. The van der Waals surface area contributed by atoms with Crippen LogP contribution in [0.1, 0.15) is 11.1 Å². The van der Waals surface area contributed by atoms with Crippen LogP contribution >= 0.6 is 11.6 Å². The quantitative estimate of drug-likeness (QED) is 0.940. The number of nitrogens with zero attached hydrogens (tertiary/aromatic N) is 1. The number of aryl methyl sites for hydroxylation is 1. The molecule has 0 aromatic heterocycles. The molecule has 2 aromatic rings. The molecule has 0 saturated carbocycles. The van der Waals surface area contributed by atoms with E-state index in [0.29, 0.717) is 0 Å². The Balaban J connectivity index is 2.45. The Morgan fingerprint density at radius 3 is 2.38 bits per heavy atom. The molecule has 0 heterocycles. The number of hydrogen-bond donors (Lipinski definition) is 1. The molecule has 0 aliphatic carbocycles. The van der Waals surface area contributed by atoms with Crippen LogP contribution in [0.3, 0.4) is 0 Å². The molecule has 108 valence electrons. The van der Waals surface area contributed by atoms with Crippen LogP contribution in [0.25, 0.3) is 0 Å². The molecule has 2 aromatic carbocycles. The van der Waals surface area contributed by atoms with Crippen LogP contribution in [-0.4, -0.2) is 8.42 Å². The van der Waals surface area contributed by atoms with E-state index in [1.807, 2.05) is 6.92 Å². The van der Waals surface area contributed by atoms with E-state index in [-0.39, 0.29) is 15.6 Å². The lowest BCUT2D eigenvalue weighted by molar-refractivity contribution is 0.601. The van der Waals surface area contributed by atoms with Gasteiger partial charge in [0.1, 0.15) is 11.6 Å². The smallest absolute Gasteiger partial charge is 0.261 e. The predicted octanol–water partition coefficient (Wildman–Crippen LogP) is 3.46.